The Morgan fingerprint density at radius 1 is 1.22 bits per heavy atom. The lowest BCUT2D eigenvalue weighted by atomic mass is 9.66. The summed E-state index contributed by atoms with van der Waals surface area (Å²) < 4.78 is 4.71. The number of amides is 3. The lowest BCUT2D eigenvalue weighted by Gasteiger charge is -2.39. The van der Waals surface area contributed by atoms with Gasteiger partial charge in [-0.15, -0.1) is 11.8 Å². The summed E-state index contributed by atoms with van der Waals surface area (Å²) in [5, 5.41) is 16.1. The molecule has 0 aliphatic carbocycles. The minimum absolute atomic E-state index is 0.0205. The largest absolute Gasteiger partial charge is 0.394 e. The highest BCUT2D eigenvalue weighted by molar-refractivity contribution is 8.02. The van der Waals surface area contributed by atoms with Gasteiger partial charge in [-0.05, 0) is 31.4 Å². The zero-order valence-corrected chi connectivity index (χ0v) is 21.7. The molecule has 196 valence electrons. The van der Waals surface area contributed by atoms with Crippen LogP contribution in [0.15, 0.2) is 30.3 Å². The van der Waals surface area contributed by atoms with Crippen molar-refractivity contribution in [1.82, 2.24) is 15.1 Å². The van der Waals surface area contributed by atoms with Gasteiger partial charge in [0.15, 0.2) is 0 Å². The summed E-state index contributed by atoms with van der Waals surface area (Å²) in [6.07, 6.45) is 0.778. The Bertz CT molecular complexity index is 990. The lowest BCUT2D eigenvalue weighted by Crippen LogP contribution is -2.58. The fourth-order valence-corrected chi connectivity index (χ4v) is 9.04. The molecule has 4 aliphatic heterocycles. The van der Waals surface area contributed by atoms with Crippen LogP contribution >= 0.6 is 11.8 Å². The summed E-state index contributed by atoms with van der Waals surface area (Å²) in [5.74, 6) is -1.57. The summed E-state index contributed by atoms with van der Waals surface area (Å²) in [7, 11) is 0. The van der Waals surface area contributed by atoms with E-state index in [9.17, 15) is 19.5 Å². The Morgan fingerprint density at radius 2 is 1.94 bits per heavy atom. The number of aliphatic hydroxyl groups excluding tert-OH is 1. The summed E-state index contributed by atoms with van der Waals surface area (Å²) >= 11 is 1.65. The van der Waals surface area contributed by atoms with Crippen molar-refractivity contribution in [1.29, 1.82) is 0 Å². The van der Waals surface area contributed by atoms with E-state index in [-0.39, 0.29) is 35.5 Å². The highest BCUT2D eigenvalue weighted by Gasteiger charge is 2.76. The number of fused-ring (bicyclic) bond motifs is 1. The summed E-state index contributed by atoms with van der Waals surface area (Å²) in [4.78, 5) is 45.0. The third-order valence-electron chi connectivity index (χ3n) is 8.35. The van der Waals surface area contributed by atoms with E-state index in [2.05, 4.69) is 22.5 Å². The summed E-state index contributed by atoms with van der Waals surface area (Å²) in [5.41, 5.74) is 0.695. The van der Waals surface area contributed by atoms with Gasteiger partial charge in [0.25, 0.3) is 0 Å². The molecule has 36 heavy (non-hydrogen) atoms. The normalized spacial score (nSPS) is 34.5. The number of para-hydroxylation sites is 1. The number of rotatable bonds is 8. The molecule has 0 aromatic heterocycles. The van der Waals surface area contributed by atoms with Crippen LogP contribution in [0.4, 0.5) is 5.69 Å². The first-order valence-corrected chi connectivity index (χ1v) is 13.8. The molecule has 3 unspecified atom stereocenters. The van der Waals surface area contributed by atoms with Crippen LogP contribution < -0.4 is 10.6 Å². The van der Waals surface area contributed by atoms with E-state index in [4.69, 9.17) is 4.74 Å². The molecular weight excluding hydrogens is 480 g/mol. The number of nitrogens with one attached hydrogen (secondary N) is 2. The van der Waals surface area contributed by atoms with E-state index in [0.29, 0.717) is 25.4 Å². The van der Waals surface area contributed by atoms with E-state index in [0.717, 1.165) is 26.1 Å². The number of morpholine rings is 1. The lowest BCUT2D eigenvalue weighted by molar-refractivity contribution is -0.141. The first kappa shape index (κ1) is 25.5. The van der Waals surface area contributed by atoms with Crippen LogP contribution in [0.2, 0.25) is 0 Å². The Hall–Kier alpha value is -2.14. The molecule has 3 amide bonds. The van der Waals surface area contributed by atoms with Crippen molar-refractivity contribution in [2.24, 2.45) is 17.8 Å². The molecule has 10 heteroatoms. The summed E-state index contributed by atoms with van der Waals surface area (Å²) in [6.45, 7) is 7.88. The number of ether oxygens (including phenoxy) is 1. The van der Waals surface area contributed by atoms with Gasteiger partial charge in [-0.1, -0.05) is 25.1 Å². The number of nitrogens with zero attached hydrogens (tertiary/aromatic N) is 2. The van der Waals surface area contributed by atoms with E-state index in [1.54, 1.807) is 23.6 Å². The van der Waals surface area contributed by atoms with Gasteiger partial charge in [0.1, 0.15) is 6.04 Å². The van der Waals surface area contributed by atoms with E-state index in [1.165, 1.54) is 0 Å². The Balaban J connectivity index is 1.39. The van der Waals surface area contributed by atoms with Gasteiger partial charge < -0.3 is 25.4 Å². The average Bonchev–Trinajstić information content (AvgIpc) is 3.48. The second-order valence-corrected chi connectivity index (χ2v) is 12.0. The quantitative estimate of drug-likeness (QED) is 0.469. The third-order valence-corrected chi connectivity index (χ3v) is 10.4. The van der Waals surface area contributed by atoms with E-state index in [1.807, 2.05) is 30.3 Å². The Labute approximate surface area is 216 Å². The number of aliphatic hydroxyl groups is 1. The van der Waals surface area contributed by atoms with Crippen LogP contribution in [0.3, 0.4) is 0 Å². The Morgan fingerprint density at radius 3 is 2.64 bits per heavy atom. The van der Waals surface area contributed by atoms with Crippen molar-refractivity contribution < 1.29 is 24.2 Å². The number of carbonyl (C=O) groups excluding carboxylic acids is 3. The maximum atomic E-state index is 13.9. The van der Waals surface area contributed by atoms with Gasteiger partial charge in [0, 0.05) is 37.1 Å². The van der Waals surface area contributed by atoms with E-state index >= 15 is 0 Å². The SMILES string of the molecule is CC1C[C@@H]2SC13C(C(=O)NCCN1CCOCC1)N([C@H](C)CO)C(=O)[C@@H]3[C@@H]2C(=O)Nc1ccccc1. The van der Waals surface area contributed by atoms with Crippen LogP contribution in [-0.2, 0) is 19.1 Å². The predicted molar refractivity (Wildman–Crippen MR) is 137 cm³/mol. The monoisotopic (exact) mass is 516 g/mol. The van der Waals surface area contributed by atoms with Crippen LogP contribution in [-0.4, -0.2) is 101 Å². The third kappa shape index (κ3) is 4.21. The fraction of sp³-hybridized carbons (Fsp3) is 0.654. The van der Waals surface area contributed by atoms with Crippen molar-refractivity contribution in [3.8, 4) is 0 Å². The zero-order valence-electron chi connectivity index (χ0n) is 20.9. The van der Waals surface area contributed by atoms with Gasteiger partial charge in [-0.25, -0.2) is 0 Å². The molecule has 4 aliphatic rings. The topological polar surface area (TPSA) is 111 Å². The number of thioether (sulfide) groups is 1. The molecule has 4 fully saturated rings. The second-order valence-electron chi connectivity index (χ2n) is 10.4. The van der Waals surface area contributed by atoms with Gasteiger partial charge in [0.05, 0.1) is 42.4 Å². The van der Waals surface area contributed by atoms with Gasteiger partial charge in [0.2, 0.25) is 17.7 Å². The van der Waals surface area contributed by atoms with Crippen LogP contribution in [0.1, 0.15) is 20.3 Å². The molecule has 2 bridgehead atoms. The molecule has 1 spiro atoms. The van der Waals surface area contributed by atoms with Gasteiger partial charge >= 0.3 is 0 Å². The number of hydrogen-bond acceptors (Lipinski definition) is 7. The smallest absolute Gasteiger partial charge is 0.244 e. The molecule has 4 saturated heterocycles. The van der Waals surface area contributed by atoms with Crippen molar-refractivity contribution >= 4 is 35.2 Å². The molecule has 9 nitrogen and oxygen atoms in total. The molecule has 5 rings (SSSR count). The summed E-state index contributed by atoms with van der Waals surface area (Å²) in [6, 6.07) is 8.03. The first-order chi connectivity index (χ1) is 17.4. The zero-order chi connectivity index (χ0) is 25.4. The molecule has 3 N–H and O–H groups in total. The second kappa shape index (κ2) is 10.3. The molecule has 1 aromatic rings. The van der Waals surface area contributed by atoms with Crippen molar-refractivity contribution in [2.45, 2.75) is 42.3 Å². The van der Waals surface area contributed by atoms with Crippen molar-refractivity contribution in [2.75, 3.05) is 51.3 Å². The first-order valence-electron chi connectivity index (χ1n) is 12.9. The minimum Gasteiger partial charge on any atom is -0.394 e. The number of benzene rings is 1. The molecule has 4 heterocycles. The van der Waals surface area contributed by atoms with Gasteiger partial charge in [-0.3, -0.25) is 19.3 Å². The van der Waals surface area contributed by atoms with Crippen LogP contribution in [0, 0.1) is 17.8 Å². The maximum absolute atomic E-state index is 13.9. The Kier molecular flexibility index (Phi) is 7.31. The molecule has 1 aromatic carbocycles. The number of hydrogen-bond donors (Lipinski definition) is 3. The molecular formula is C26H36N4O5S. The highest BCUT2D eigenvalue weighted by Crippen LogP contribution is 2.68. The van der Waals surface area contributed by atoms with E-state index < -0.39 is 28.7 Å². The number of anilines is 1. The van der Waals surface area contributed by atoms with Crippen molar-refractivity contribution in [3.05, 3.63) is 30.3 Å². The minimum atomic E-state index is -0.721. The van der Waals surface area contributed by atoms with Crippen molar-refractivity contribution in [3.63, 3.8) is 0 Å². The van der Waals surface area contributed by atoms with Crippen LogP contribution in [0.25, 0.3) is 0 Å². The maximum Gasteiger partial charge on any atom is 0.244 e. The average molecular weight is 517 g/mol. The fourth-order valence-electron chi connectivity index (χ4n) is 6.63. The molecule has 0 radical (unpaired) electrons. The van der Waals surface area contributed by atoms with Gasteiger partial charge in [-0.2, -0.15) is 0 Å². The highest BCUT2D eigenvalue weighted by atomic mass is 32.2. The standard InChI is InChI=1S/C26H36N4O5S/c1-16-14-19-20(23(32)28-18-6-4-3-5-7-18)21-25(34)30(17(2)15-31)22(26(16,21)36-19)24(33)27-8-9-29-10-12-35-13-11-29/h3-7,16-17,19-22,31H,8-15H2,1-2H3,(H,27,33)(H,28,32)/t16?,17-,19+,20-,21+,22?,26?/m1/s1. The predicted octanol–water partition coefficient (Wildman–Crippen LogP) is 0.792. The molecule has 7 atom stereocenters. The number of carbonyl (C=O) groups is 3. The number of likely N-dealkylation sites (tertiary alicyclic amines) is 1. The van der Waals surface area contributed by atoms with Crippen LogP contribution in [0.5, 0.6) is 0 Å². The molecule has 0 saturated carbocycles.